The number of benzene rings is 2. The van der Waals surface area contributed by atoms with Crippen LogP contribution >= 0.6 is 0 Å². The van der Waals surface area contributed by atoms with Crippen molar-refractivity contribution in [2.24, 2.45) is 5.92 Å². The van der Waals surface area contributed by atoms with Crippen LogP contribution in [0.4, 0.5) is 4.79 Å². The maximum Gasteiger partial charge on any atom is 0.322 e. The zero-order chi connectivity index (χ0) is 22.9. The van der Waals surface area contributed by atoms with Gasteiger partial charge in [0.05, 0.1) is 0 Å². The van der Waals surface area contributed by atoms with E-state index >= 15 is 0 Å². The molecule has 0 radical (unpaired) electrons. The average Bonchev–Trinajstić information content (AvgIpc) is 3.10. The van der Waals surface area contributed by atoms with Crippen LogP contribution in [0.25, 0.3) is 11.1 Å². The summed E-state index contributed by atoms with van der Waals surface area (Å²) in [5.41, 5.74) is 1.52. The van der Waals surface area contributed by atoms with Gasteiger partial charge in [-0.25, -0.2) is 4.79 Å². The molecule has 0 bridgehead atoms. The maximum atomic E-state index is 12.7. The fourth-order valence-electron chi connectivity index (χ4n) is 4.25. The van der Waals surface area contributed by atoms with Gasteiger partial charge in [0.1, 0.15) is 11.6 Å². The number of aliphatic hydroxyl groups is 2. The van der Waals surface area contributed by atoms with Crippen LogP contribution in [0, 0.1) is 5.92 Å². The number of piperidine rings is 1. The van der Waals surface area contributed by atoms with Gasteiger partial charge in [-0.1, -0.05) is 36.4 Å². The van der Waals surface area contributed by atoms with E-state index in [9.17, 15) is 24.6 Å². The third kappa shape index (κ3) is 4.11. The second-order valence-electron chi connectivity index (χ2n) is 8.63. The van der Waals surface area contributed by atoms with Gasteiger partial charge in [0.25, 0.3) is 11.8 Å². The van der Waals surface area contributed by atoms with Crippen molar-refractivity contribution in [3.63, 3.8) is 0 Å². The molecule has 2 atom stereocenters. The fraction of sp³-hybridized carbons (Fsp3) is 0.375. The summed E-state index contributed by atoms with van der Waals surface area (Å²) in [5, 5.41) is 24.5. The number of hydrogen-bond donors (Lipinski definition) is 4. The van der Waals surface area contributed by atoms with Gasteiger partial charge in [-0.3, -0.25) is 14.9 Å². The van der Waals surface area contributed by atoms with Crippen molar-refractivity contribution < 1.29 is 24.6 Å². The summed E-state index contributed by atoms with van der Waals surface area (Å²) >= 11 is 0. The minimum atomic E-state index is -1.42. The van der Waals surface area contributed by atoms with E-state index < -0.39 is 23.6 Å². The summed E-state index contributed by atoms with van der Waals surface area (Å²) in [6.07, 6.45) is 0.448. The van der Waals surface area contributed by atoms with E-state index in [-0.39, 0.29) is 18.4 Å². The molecule has 2 saturated heterocycles. The molecule has 4 N–H and O–H groups in total. The van der Waals surface area contributed by atoms with Gasteiger partial charge in [0.15, 0.2) is 0 Å². The highest BCUT2D eigenvalue weighted by atomic mass is 16.3. The Bertz CT molecular complexity index is 1010. The van der Waals surface area contributed by atoms with Gasteiger partial charge in [0.2, 0.25) is 0 Å². The number of rotatable bonds is 5. The molecule has 2 aliphatic heterocycles. The van der Waals surface area contributed by atoms with Crippen molar-refractivity contribution in [2.45, 2.75) is 31.4 Å². The summed E-state index contributed by atoms with van der Waals surface area (Å²) in [5.74, 6) is -0.290. The van der Waals surface area contributed by atoms with E-state index in [1.807, 2.05) is 29.2 Å². The monoisotopic (exact) mass is 437 g/mol. The van der Waals surface area contributed by atoms with E-state index in [0.717, 1.165) is 24.0 Å². The summed E-state index contributed by atoms with van der Waals surface area (Å²) in [7, 11) is 0. The molecule has 8 heteroatoms. The first-order valence-corrected chi connectivity index (χ1v) is 10.7. The largest absolute Gasteiger partial charge is 0.396 e. The van der Waals surface area contributed by atoms with Crippen LogP contribution in [-0.2, 0) is 4.79 Å². The van der Waals surface area contributed by atoms with Crippen LogP contribution in [0.15, 0.2) is 48.5 Å². The van der Waals surface area contributed by atoms with E-state index in [1.54, 1.807) is 24.3 Å². The molecule has 0 aromatic heterocycles. The molecule has 2 fully saturated rings. The van der Waals surface area contributed by atoms with Crippen molar-refractivity contribution in [3.05, 3.63) is 59.7 Å². The Balaban J connectivity index is 1.44. The van der Waals surface area contributed by atoms with Crippen LogP contribution in [0.2, 0.25) is 0 Å². The maximum absolute atomic E-state index is 12.7. The number of carbonyl (C=O) groups excluding carboxylic acids is 3. The second kappa shape index (κ2) is 8.72. The lowest BCUT2D eigenvalue weighted by Gasteiger charge is -2.31. The molecule has 4 rings (SSSR count). The van der Waals surface area contributed by atoms with Crippen LogP contribution in [-0.4, -0.2) is 58.2 Å². The van der Waals surface area contributed by atoms with Gasteiger partial charge in [-0.05, 0) is 54.5 Å². The number of imide groups is 1. The van der Waals surface area contributed by atoms with Gasteiger partial charge >= 0.3 is 6.03 Å². The molecule has 0 spiro atoms. The minimum Gasteiger partial charge on any atom is -0.396 e. The Morgan fingerprint density at radius 1 is 1.06 bits per heavy atom. The summed E-state index contributed by atoms with van der Waals surface area (Å²) in [6.45, 7) is 2.97. The molecule has 4 amide bonds. The Morgan fingerprint density at radius 2 is 1.62 bits per heavy atom. The van der Waals surface area contributed by atoms with Crippen molar-refractivity contribution in [3.8, 4) is 11.1 Å². The lowest BCUT2D eigenvalue weighted by molar-refractivity contribution is -0.127. The van der Waals surface area contributed by atoms with E-state index in [0.29, 0.717) is 24.2 Å². The van der Waals surface area contributed by atoms with Crippen molar-refractivity contribution in [1.82, 2.24) is 15.5 Å². The van der Waals surface area contributed by atoms with Gasteiger partial charge in [0, 0.05) is 25.3 Å². The molecule has 2 aromatic rings. The van der Waals surface area contributed by atoms with Crippen molar-refractivity contribution in [2.75, 3.05) is 19.7 Å². The first-order valence-electron chi connectivity index (χ1n) is 10.7. The number of amides is 4. The van der Waals surface area contributed by atoms with Gasteiger partial charge in [-0.15, -0.1) is 0 Å². The number of aliphatic hydroxyl groups excluding tert-OH is 2. The number of nitrogens with one attached hydrogen (secondary N) is 2. The zero-order valence-corrected chi connectivity index (χ0v) is 17.9. The topological polar surface area (TPSA) is 119 Å². The van der Waals surface area contributed by atoms with Crippen molar-refractivity contribution >= 4 is 17.8 Å². The van der Waals surface area contributed by atoms with Crippen LogP contribution in [0.3, 0.4) is 0 Å². The van der Waals surface area contributed by atoms with Gasteiger partial charge < -0.3 is 20.4 Å². The molecule has 0 saturated carbocycles. The number of hydrogen-bond acceptors (Lipinski definition) is 5. The van der Waals surface area contributed by atoms with E-state index in [4.69, 9.17) is 0 Å². The van der Waals surface area contributed by atoms with E-state index in [2.05, 4.69) is 10.6 Å². The third-order valence-corrected chi connectivity index (χ3v) is 6.47. The number of carbonyl (C=O) groups is 3. The SMILES string of the molecule is CC1(C(O)c2ccc(-c3ccc(C(=O)N4CCC(CO)CC4)cc3)cc2)NC(=O)NC1=O. The first-order chi connectivity index (χ1) is 15.3. The Labute approximate surface area is 186 Å². The lowest BCUT2D eigenvalue weighted by Crippen LogP contribution is -2.49. The predicted octanol–water partition coefficient (Wildman–Crippen LogP) is 1.83. The summed E-state index contributed by atoms with van der Waals surface area (Å²) in [6, 6.07) is 13.8. The highest BCUT2D eigenvalue weighted by Gasteiger charge is 2.48. The second-order valence-corrected chi connectivity index (χ2v) is 8.63. The number of nitrogens with zero attached hydrogens (tertiary/aromatic N) is 1. The summed E-state index contributed by atoms with van der Waals surface area (Å²) in [4.78, 5) is 38.1. The molecule has 32 heavy (non-hydrogen) atoms. The Morgan fingerprint density at radius 3 is 2.12 bits per heavy atom. The molecule has 2 aliphatic rings. The van der Waals surface area contributed by atoms with E-state index in [1.165, 1.54) is 6.92 Å². The molecule has 168 valence electrons. The molecule has 2 heterocycles. The Kier molecular flexibility index (Phi) is 5.99. The highest BCUT2D eigenvalue weighted by molar-refractivity contribution is 6.07. The predicted molar refractivity (Wildman–Crippen MR) is 118 cm³/mol. The third-order valence-electron chi connectivity index (χ3n) is 6.47. The quantitative estimate of drug-likeness (QED) is 0.532. The molecule has 8 nitrogen and oxygen atoms in total. The molecular weight excluding hydrogens is 410 g/mol. The van der Waals surface area contributed by atoms with Crippen LogP contribution in [0.5, 0.6) is 0 Å². The number of urea groups is 1. The number of likely N-dealkylation sites (tertiary alicyclic amines) is 1. The lowest BCUT2D eigenvalue weighted by atomic mass is 9.88. The van der Waals surface area contributed by atoms with Crippen LogP contribution in [0.1, 0.15) is 41.8 Å². The Hall–Kier alpha value is -3.23. The minimum absolute atomic E-state index is 0.00320. The normalized spacial score (nSPS) is 22.4. The smallest absolute Gasteiger partial charge is 0.322 e. The summed E-state index contributed by atoms with van der Waals surface area (Å²) < 4.78 is 0. The molecule has 2 unspecified atom stereocenters. The average molecular weight is 437 g/mol. The highest BCUT2D eigenvalue weighted by Crippen LogP contribution is 2.30. The van der Waals surface area contributed by atoms with Gasteiger partial charge in [-0.2, -0.15) is 0 Å². The molecule has 0 aliphatic carbocycles. The fourth-order valence-corrected chi connectivity index (χ4v) is 4.25. The molecular formula is C24H27N3O5. The van der Waals surface area contributed by atoms with Crippen LogP contribution < -0.4 is 10.6 Å². The zero-order valence-electron chi connectivity index (χ0n) is 17.9. The first kappa shape index (κ1) is 22.0. The standard InChI is InChI=1S/C24H27N3O5/c1-24(22(31)25-23(32)26-24)20(29)18-6-2-16(3-7-18)17-4-8-19(9-5-17)21(30)27-12-10-15(14-28)11-13-27/h2-9,15,20,28-29H,10-14H2,1H3,(H2,25,26,31,32). The molecule has 2 aromatic carbocycles. The van der Waals surface area contributed by atoms with Crippen molar-refractivity contribution in [1.29, 1.82) is 0 Å².